The van der Waals surface area contributed by atoms with Crippen LogP contribution in [0.3, 0.4) is 0 Å². The maximum Gasteiger partial charge on any atom is 0.230 e. The van der Waals surface area contributed by atoms with E-state index in [0.717, 1.165) is 10.4 Å². The Morgan fingerprint density at radius 1 is 1.00 bits per heavy atom. The zero-order chi connectivity index (χ0) is 23.9. The molecule has 0 radical (unpaired) electrons. The second kappa shape index (κ2) is 8.99. The lowest BCUT2D eigenvalue weighted by Crippen LogP contribution is -2.48. The van der Waals surface area contributed by atoms with Gasteiger partial charge in [-0.25, -0.2) is 4.39 Å². The molecule has 3 aromatic heterocycles. The van der Waals surface area contributed by atoms with E-state index >= 15 is 0 Å². The molecule has 1 N–H and O–H groups in total. The number of anilines is 1. The van der Waals surface area contributed by atoms with E-state index in [2.05, 4.69) is 19.9 Å². The van der Waals surface area contributed by atoms with Gasteiger partial charge in [0.15, 0.2) is 5.76 Å². The van der Waals surface area contributed by atoms with Gasteiger partial charge in [0.1, 0.15) is 5.82 Å². The number of halogens is 2. The summed E-state index contributed by atoms with van der Waals surface area (Å²) in [6.45, 7) is 2.70. The van der Waals surface area contributed by atoms with Gasteiger partial charge in [0, 0.05) is 31.2 Å². The molecular weight excluding hydrogens is 489 g/mol. The van der Waals surface area contributed by atoms with Gasteiger partial charge in [-0.15, -0.1) is 5.10 Å². The highest BCUT2D eigenvalue weighted by atomic mass is 35.5. The van der Waals surface area contributed by atoms with Crippen LogP contribution in [-0.4, -0.2) is 50.8 Å². The number of nitrogens with zero attached hydrogens (tertiary/aromatic N) is 5. The Bertz CT molecular complexity index is 1460. The molecule has 4 heterocycles. The second-order valence-corrected chi connectivity index (χ2v) is 9.77. The first-order valence-corrected chi connectivity index (χ1v) is 12.4. The minimum atomic E-state index is -0.226. The van der Waals surface area contributed by atoms with E-state index in [-0.39, 0.29) is 17.7 Å². The van der Waals surface area contributed by atoms with Gasteiger partial charge < -0.3 is 14.4 Å². The van der Waals surface area contributed by atoms with E-state index in [1.165, 1.54) is 21.9 Å². The number of benzene rings is 2. The van der Waals surface area contributed by atoms with Crippen molar-refractivity contribution in [3.8, 4) is 17.5 Å². The summed E-state index contributed by atoms with van der Waals surface area (Å²) < 4.78 is 21.2. The van der Waals surface area contributed by atoms with Gasteiger partial charge in [-0.3, -0.25) is 4.90 Å². The predicted octanol–water partition coefficient (Wildman–Crippen LogP) is 5.46. The van der Waals surface area contributed by atoms with Crippen LogP contribution in [0.1, 0.15) is 16.5 Å². The number of piperazine rings is 1. The van der Waals surface area contributed by atoms with Crippen molar-refractivity contribution in [1.29, 1.82) is 0 Å². The molecule has 35 heavy (non-hydrogen) atoms. The van der Waals surface area contributed by atoms with Crippen LogP contribution in [0.4, 0.5) is 10.1 Å². The van der Waals surface area contributed by atoms with Crippen molar-refractivity contribution in [3.63, 3.8) is 0 Å². The van der Waals surface area contributed by atoms with Crippen molar-refractivity contribution in [1.82, 2.24) is 19.5 Å². The number of thiazole rings is 1. The Labute approximate surface area is 209 Å². The summed E-state index contributed by atoms with van der Waals surface area (Å²) in [4.78, 5) is 10.2. The SMILES string of the molecule is Oc1c([C@@H](c2ccc(Cl)cc2)N2CCN(c3ccccc3F)CC2)sc2nc(-c3ccco3)nn12. The molecule has 1 atom stereocenters. The molecule has 7 nitrogen and oxygen atoms in total. The first kappa shape index (κ1) is 22.1. The molecule has 5 aromatic rings. The largest absolute Gasteiger partial charge is 0.492 e. The van der Waals surface area contributed by atoms with Gasteiger partial charge in [-0.1, -0.05) is 47.2 Å². The number of hydrogen-bond donors (Lipinski definition) is 1. The maximum absolute atomic E-state index is 14.3. The predicted molar refractivity (Wildman–Crippen MR) is 134 cm³/mol. The molecule has 0 bridgehead atoms. The molecule has 0 saturated carbocycles. The molecule has 1 fully saturated rings. The Hall–Kier alpha value is -3.40. The number of rotatable bonds is 5. The van der Waals surface area contributed by atoms with Gasteiger partial charge in [-0.2, -0.15) is 9.50 Å². The van der Waals surface area contributed by atoms with Crippen LogP contribution in [0, 0.1) is 5.82 Å². The van der Waals surface area contributed by atoms with Gasteiger partial charge in [0.25, 0.3) is 0 Å². The molecule has 0 amide bonds. The highest BCUT2D eigenvalue weighted by molar-refractivity contribution is 7.17. The van der Waals surface area contributed by atoms with Crippen LogP contribution >= 0.6 is 22.9 Å². The minimum absolute atomic E-state index is 0.0480. The molecule has 6 rings (SSSR count). The van der Waals surface area contributed by atoms with Gasteiger partial charge >= 0.3 is 0 Å². The maximum atomic E-state index is 14.3. The lowest BCUT2D eigenvalue weighted by Gasteiger charge is -2.40. The number of fused-ring (bicyclic) bond motifs is 1. The summed E-state index contributed by atoms with van der Waals surface area (Å²) in [6.07, 6.45) is 1.56. The minimum Gasteiger partial charge on any atom is -0.492 e. The summed E-state index contributed by atoms with van der Waals surface area (Å²) in [5.41, 5.74) is 1.61. The second-order valence-electron chi connectivity index (χ2n) is 8.33. The van der Waals surface area contributed by atoms with E-state index in [4.69, 9.17) is 16.0 Å². The summed E-state index contributed by atoms with van der Waals surface area (Å²) in [7, 11) is 0. The lowest BCUT2D eigenvalue weighted by molar-refractivity contribution is 0.210. The molecule has 1 aliphatic rings. The fraction of sp³-hybridized carbons (Fsp3) is 0.200. The fourth-order valence-corrected chi connectivity index (χ4v) is 5.78. The molecular formula is C25H21ClFN5O2S. The molecule has 1 aliphatic heterocycles. The van der Waals surface area contributed by atoms with Crippen molar-refractivity contribution in [2.45, 2.75) is 6.04 Å². The molecule has 2 aromatic carbocycles. The molecule has 1 saturated heterocycles. The summed E-state index contributed by atoms with van der Waals surface area (Å²) in [6, 6.07) is 17.8. The van der Waals surface area contributed by atoms with Crippen LogP contribution in [0.2, 0.25) is 5.02 Å². The number of hydrogen-bond acceptors (Lipinski definition) is 7. The number of furan rings is 1. The zero-order valence-corrected chi connectivity index (χ0v) is 20.1. The Balaban J connectivity index is 1.34. The monoisotopic (exact) mass is 509 g/mol. The van der Waals surface area contributed by atoms with E-state index in [9.17, 15) is 9.50 Å². The van der Waals surface area contributed by atoms with Gasteiger partial charge in [-0.05, 0) is 42.0 Å². The van der Waals surface area contributed by atoms with Crippen molar-refractivity contribution in [2.24, 2.45) is 0 Å². The van der Waals surface area contributed by atoms with Crippen LogP contribution in [0.15, 0.2) is 71.3 Å². The third-order valence-electron chi connectivity index (χ3n) is 6.25. The highest BCUT2D eigenvalue weighted by Gasteiger charge is 2.32. The van der Waals surface area contributed by atoms with E-state index in [1.807, 2.05) is 36.4 Å². The average Bonchev–Trinajstić information content (AvgIpc) is 3.60. The smallest absolute Gasteiger partial charge is 0.230 e. The van der Waals surface area contributed by atoms with Crippen molar-refractivity contribution in [3.05, 3.63) is 88.2 Å². The average molecular weight is 510 g/mol. The first-order chi connectivity index (χ1) is 17.1. The third kappa shape index (κ3) is 4.05. The van der Waals surface area contributed by atoms with Crippen LogP contribution < -0.4 is 4.90 Å². The number of aromatic hydroxyl groups is 1. The standard InChI is InChI=1S/C25H21ClFN5O2S/c26-17-9-7-16(8-10-17)21(31-13-11-30(12-14-31)19-5-2-1-4-18(19)27)22-24(33)32-25(35-22)28-23(29-32)20-6-3-15-34-20/h1-10,15,21,33H,11-14H2/t21-/m1/s1. The van der Waals surface area contributed by atoms with Crippen molar-refractivity contribution >= 4 is 33.6 Å². The molecule has 0 aliphatic carbocycles. The Morgan fingerprint density at radius 2 is 1.77 bits per heavy atom. The van der Waals surface area contributed by atoms with Crippen LogP contribution in [0.25, 0.3) is 16.5 Å². The van der Waals surface area contributed by atoms with Crippen LogP contribution in [-0.2, 0) is 0 Å². The van der Waals surface area contributed by atoms with Crippen molar-refractivity contribution in [2.75, 3.05) is 31.1 Å². The summed E-state index contributed by atoms with van der Waals surface area (Å²) >= 11 is 7.55. The quantitative estimate of drug-likeness (QED) is 0.339. The van der Waals surface area contributed by atoms with Gasteiger partial charge in [0.05, 0.1) is 22.9 Å². The molecule has 178 valence electrons. The molecule has 10 heteroatoms. The normalized spacial score (nSPS) is 15.7. The van der Waals surface area contributed by atoms with E-state index < -0.39 is 0 Å². The number of aromatic nitrogens is 3. The van der Waals surface area contributed by atoms with Crippen molar-refractivity contribution < 1.29 is 13.9 Å². The topological polar surface area (TPSA) is 70.0 Å². The molecule has 0 unspecified atom stereocenters. The fourth-order valence-electron chi connectivity index (χ4n) is 4.54. The summed E-state index contributed by atoms with van der Waals surface area (Å²) in [5.74, 6) is 0.794. The highest BCUT2D eigenvalue weighted by Crippen LogP contribution is 2.41. The summed E-state index contributed by atoms with van der Waals surface area (Å²) in [5, 5.41) is 16.3. The number of para-hydroxylation sites is 1. The van der Waals surface area contributed by atoms with E-state index in [1.54, 1.807) is 24.5 Å². The van der Waals surface area contributed by atoms with Crippen LogP contribution in [0.5, 0.6) is 5.88 Å². The molecule has 0 spiro atoms. The van der Waals surface area contributed by atoms with E-state index in [0.29, 0.717) is 53.4 Å². The van der Waals surface area contributed by atoms with Gasteiger partial charge in [0.2, 0.25) is 16.7 Å². The third-order valence-corrected chi connectivity index (χ3v) is 7.57. The first-order valence-electron chi connectivity index (χ1n) is 11.2. The Kier molecular flexibility index (Phi) is 5.68. The zero-order valence-electron chi connectivity index (χ0n) is 18.5. The Morgan fingerprint density at radius 3 is 2.46 bits per heavy atom. The lowest BCUT2D eigenvalue weighted by atomic mass is 10.0.